The van der Waals surface area contributed by atoms with Crippen LogP contribution in [-0.4, -0.2) is 38.3 Å². The summed E-state index contributed by atoms with van der Waals surface area (Å²) in [5, 5.41) is 0. The lowest BCUT2D eigenvalue weighted by Gasteiger charge is -2.25. The number of halogens is 2. The quantitative estimate of drug-likeness (QED) is 0.640. The minimum atomic E-state index is -3.72. The van der Waals surface area contributed by atoms with Gasteiger partial charge in [0.25, 0.3) is 0 Å². The van der Waals surface area contributed by atoms with E-state index in [4.69, 9.17) is 0 Å². The average Bonchev–Trinajstić information content (AvgIpc) is 2.89. The number of carbonyl (C=O) groups is 1. The van der Waals surface area contributed by atoms with Crippen LogP contribution in [0.5, 0.6) is 0 Å². The molecule has 0 saturated heterocycles. The monoisotopic (exact) mass is 500 g/mol. The third-order valence-electron chi connectivity index (χ3n) is 4.41. The van der Waals surface area contributed by atoms with E-state index in [0.717, 1.165) is 30.9 Å². The number of rotatable bonds is 4. The molecule has 2 aromatic carbocycles. The summed E-state index contributed by atoms with van der Waals surface area (Å²) < 4.78 is 28.3. The average molecular weight is 502 g/mol. The van der Waals surface area contributed by atoms with Gasteiger partial charge in [-0.25, -0.2) is 8.42 Å². The topological polar surface area (TPSA) is 57.7 Å². The van der Waals surface area contributed by atoms with Crippen molar-refractivity contribution in [2.45, 2.75) is 24.3 Å². The summed E-state index contributed by atoms with van der Waals surface area (Å²) in [5.74, 6) is -0.234. The molecule has 1 aliphatic heterocycles. The van der Waals surface area contributed by atoms with Crippen molar-refractivity contribution in [3.63, 3.8) is 0 Å². The number of fused-ring (bicyclic) bond motifs is 1. The van der Waals surface area contributed by atoms with E-state index in [0.29, 0.717) is 0 Å². The molecule has 8 heteroatoms. The fourth-order valence-electron chi connectivity index (χ4n) is 3.12. The molecule has 0 fully saturated rings. The third kappa shape index (κ3) is 3.74. The first-order chi connectivity index (χ1) is 12.2. The molecular formula is C18H18Br2N2O3S. The van der Waals surface area contributed by atoms with Gasteiger partial charge in [-0.1, -0.05) is 31.9 Å². The molecule has 1 atom stereocenters. The van der Waals surface area contributed by atoms with Crippen LogP contribution in [0.25, 0.3) is 0 Å². The van der Waals surface area contributed by atoms with Crippen molar-refractivity contribution in [2.24, 2.45) is 0 Å². The van der Waals surface area contributed by atoms with Crippen LogP contribution < -0.4 is 4.90 Å². The highest BCUT2D eigenvalue weighted by atomic mass is 79.9. The maximum Gasteiger partial charge on any atom is 0.243 e. The van der Waals surface area contributed by atoms with E-state index >= 15 is 0 Å². The third-order valence-corrected chi connectivity index (χ3v) is 7.25. The molecule has 0 saturated carbocycles. The van der Waals surface area contributed by atoms with Gasteiger partial charge in [0.15, 0.2) is 0 Å². The fraction of sp³-hybridized carbons (Fsp3) is 0.278. The van der Waals surface area contributed by atoms with Crippen LogP contribution in [0.15, 0.2) is 56.3 Å². The van der Waals surface area contributed by atoms with Crippen molar-refractivity contribution in [1.82, 2.24) is 4.31 Å². The molecule has 0 radical (unpaired) electrons. The van der Waals surface area contributed by atoms with Gasteiger partial charge >= 0.3 is 0 Å². The predicted molar refractivity (Wildman–Crippen MR) is 109 cm³/mol. The zero-order valence-electron chi connectivity index (χ0n) is 14.3. The second kappa shape index (κ2) is 7.42. The number of nitrogens with zero attached hydrogens (tertiary/aromatic N) is 2. The molecule has 1 heterocycles. The van der Waals surface area contributed by atoms with Crippen molar-refractivity contribution in [2.75, 3.05) is 18.5 Å². The summed E-state index contributed by atoms with van der Waals surface area (Å²) in [5.41, 5.74) is 1.93. The summed E-state index contributed by atoms with van der Waals surface area (Å²) in [6, 6.07) is 12.1. The van der Waals surface area contributed by atoms with E-state index in [1.165, 1.54) is 19.2 Å². The Balaban J connectivity index is 1.81. The summed E-state index contributed by atoms with van der Waals surface area (Å²) in [6.07, 6.45) is 0.754. The lowest BCUT2D eigenvalue weighted by molar-refractivity contribution is -0.118. The van der Waals surface area contributed by atoms with Gasteiger partial charge < -0.3 is 4.90 Å². The number of amides is 1. The van der Waals surface area contributed by atoms with Crippen molar-refractivity contribution >= 4 is 53.5 Å². The van der Waals surface area contributed by atoms with Gasteiger partial charge in [-0.05, 0) is 61.4 Å². The molecule has 0 bridgehead atoms. The van der Waals surface area contributed by atoms with Gasteiger partial charge in [-0.3, -0.25) is 4.79 Å². The van der Waals surface area contributed by atoms with Crippen LogP contribution in [0, 0.1) is 0 Å². The molecule has 2 aromatic rings. The van der Waals surface area contributed by atoms with E-state index in [2.05, 4.69) is 31.9 Å². The second-order valence-corrected chi connectivity index (χ2v) is 10.2. The van der Waals surface area contributed by atoms with E-state index < -0.39 is 10.0 Å². The molecule has 0 spiro atoms. The highest BCUT2D eigenvalue weighted by molar-refractivity contribution is 9.10. The number of hydrogen-bond donors (Lipinski definition) is 0. The molecule has 0 aliphatic carbocycles. The van der Waals surface area contributed by atoms with Crippen molar-refractivity contribution < 1.29 is 13.2 Å². The Morgan fingerprint density at radius 3 is 2.42 bits per heavy atom. The first kappa shape index (κ1) is 19.5. The molecule has 1 unspecified atom stereocenters. The molecule has 3 rings (SSSR count). The lowest BCUT2D eigenvalue weighted by atomic mass is 10.1. The Labute approximate surface area is 170 Å². The molecule has 1 aliphatic rings. The van der Waals surface area contributed by atoms with Gasteiger partial charge in [-0.2, -0.15) is 4.31 Å². The molecular weight excluding hydrogens is 484 g/mol. The Hall–Kier alpha value is -1.22. The maximum atomic E-state index is 12.8. The highest BCUT2D eigenvalue weighted by Gasteiger charge is 2.33. The Morgan fingerprint density at radius 2 is 1.77 bits per heavy atom. The summed E-state index contributed by atoms with van der Waals surface area (Å²) in [4.78, 5) is 14.7. The minimum absolute atomic E-state index is 0.00409. The van der Waals surface area contributed by atoms with Crippen LogP contribution in [-0.2, 0) is 21.2 Å². The second-order valence-electron chi connectivity index (χ2n) is 6.30. The summed E-state index contributed by atoms with van der Waals surface area (Å²) in [6.45, 7) is 1.76. The normalized spacial score (nSPS) is 16.8. The molecule has 138 valence electrons. The molecule has 1 amide bonds. The smallest absolute Gasteiger partial charge is 0.243 e. The number of likely N-dealkylation sites (N-methyl/N-ethyl adjacent to an activating group) is 1. The summed E-state index contributed by atoms with van der Waals surface area (Å²) >= 11 is 6.73. The molecule has 5 nitrogen and oxygen atoms in total. The largest absolute Gasteiger partial charge is 0.308 e. The van der Waals surface area contributed by atoms with Crippen molar-refractivity contribution in [3.05, 3.63) is 57.0 Å². The standard InChI is InChI=1S/C18H18Br2N2O3S/c1-12-9-13-10-15(20)5-8-17(13)22(12)18(23)11-21(2)26(24,25)16-6-3-14(19)4-7-16/h3-8,10,12H,9,11H2,1-2H3. The van der Waals surface area contributed by atoms with Gasteiger partial charge in [0.05, 0.1) is 11.4 Å². The zero-order chi connectivity index (χ0) is 19.1. The van der Waals surface area contributed by atoms with Gasteiger partial charge in [0.2, 0.25) is 15.9 Å². The van der Waals surface area contributed by atoms with Crippen molar-refractivity contribution in [1.29, 1.82) is 0 Å². The number of benzene rings is 2. The van der Waals surface area contributed by atoms with Gasteiger partial charge in [0.1, 0.15) is 0 Å². The van der Waals surface area contributed by atoms with Crippen molar-refractivity contribution in [3.8, 4) is 0 Å². The molecule has 0 N–H and O–H groups in total. The molecule has 26 heavy (non-hydrogen) atoms. The SMILES string of the molecule is CC1Cc2cc(Br)ccc2N1C(=O)CN(C)S(=O)(=O)c1ccc(Br)cc1. The Bertz CT molecular complexity index is 945. The van der Waals surface area contributed by atoms with Crippen LogP contribution >= 0.6 is 31.9 Å². The predicted octanol–water partition coefficient (Wildman–Crippen LogP) is 3.81. The number of carbonyl (C=O) groups excluding carboxylic acids is 1. The van der Waals surface area contributed by atoms with Gasteiger partial charge in [0, 0.05) is 27.7 Å². The minimum Gasteiger partial charge on any atom is -0.308 e. The van der Waals surface area contributed by atoms with E-state index in [1.54, 1.807) is 17.0 Å². The Kier molecular flexibility index (Phi) is 5.58. The highest BCUT2D eigenvalue weighted by Crippen LogP contribution is 2.34. The first-order valence-corrected chi connectivity index (χ1v) is 11.0. The fourth-order valence-corrected chi connectivity index (χ4v) is 4.91. The van der Waals surface area contributed by atoms with E-state index in [-0.39, 0.29) is 23.4 Å². The number of anilines is 1. The first-order valence-electron chi connectivity index (χ1n) is 8.02. The number of hydrogen-bond acceptors (Lipinski definition) is 3. The molecule has 0 aromatic heterocycles. The lowest BCUT2D eigenvalue weighted by Crippen LogP contribution is -2.43. The summed E-state index contributed by atoms with van der Waals surface area (Å²) in [7, 11) is -2.30. The zero-order valence-corrected chi connectivity index (χ0v) is 18.3. The van der Waals surface area contributed by atoms with Crippen LogP contribution in [0.4, 0.5) is 5.69 Å². The number of sulfonamides is 1. The Morgan fingerprint density at radius 1 is 1.15 bits per heavy atom. The van der Waals surface area contributed by atoms with Crippen LogP contribution in [0.3, 0.4) is 0 Å². The van der Waals surface area contributed by atoms with Gasteiger partial charge in [-0.15, -0.1) is 0 Å². The van der Waals surface area contributed by atoms with Crippen LogP contribution in [0.2, 0.25) is 0 Å². The van der Waals surface area contributed by atoms with E-state index in [1.807, 2.05) is 25.1 Å². The van der Waals surface area contributed by atoms with E-state index in [9.17, 15) is 13.2 Å². The van der Waals surface area contributed by atoms with Crippen LogP contribution in [0.1, 0.15) is 12.5 Å². The maximum absolute atomic E-state index is 12.8.